The van der Waals surface area contributed by atoms with Crippen molar-refractivity contribution in [2.75, 3.05) is 18.5 Å². The first-order valence-electron chi connectivity index (χ1n) is 15.3. The van der Waals surface area contributed by atoms with Crippen LogP contribution in [0, 0.1) is 0 Å². The van der Waals surface area contributed by atoms with Crippen LogP contribution in [-0.4, -0.2) is 61.5 Å². The smallest absolute Gasteiger partial charge is 0.247 e. The van der Waals surface area contributed by atoms with Gasteiger partial charge in [0.25, 0.3) is 0 Å². The summed E-state index contributed by atoms with van der Waals surface area (Å²) in [4.78, 5) is 14.2. The molecule has 1 aliphatic heterocycles. The Bertz CT molecular complexity index is 1380. The van der Waals surface area contributed by atoms with Gasteiger partial charge in [0.05, 0.1) is 19.0 Å². The molecule has 43 heavy (non-hydrogen) atoms. The van der Waals surface area contributed by atoms with Crippen molar-refractivity contribution in [2.45, 2.75) is 109 Å². The van der Waals surface area contributed by atoms with E-state index in [2.05, 4.69) is 84.6 Å². The van der Waals surface area contributed by atoms with Gasteiger partial charge in [-0.15, -0.1) is 6.58 Å². The summed E-state index contributed by atoms with van der Waals surface area (Å²) in [5.41, 5.74) is 2.28. The van der Waals surface area contributed by atoms with E-state index in [1.807, 2.05) is 34.9 Å². The molecule has 0 aliphatic carbocycles. The van der Waals surface area contributed by atoms with Crippen LogP contribution < -0.4 is 10.1 Å². The summed E-state index contributed by atoms with van der Waals surface area (Å²) in [6, 6.07) is 10.0. The van der Waals surface area contributed by atoms with Gasteiger partial charge in [-0.1, -0.05) is 78.0 Å². The fraction of sp³-hybridized carbons (Fsp3) is 0.594. The highest BCUT2D eigenvalue weighted by atomic mass is 28.4. The lowest BCUT2D eigenvalue weighted by Gasteiger charge is -2.40. The number of aromatic nitrogens is 4. The summed E-state index contributed by atoms with van der Waals surface area (Å²) in [5, 5.41) is 3.38. The zero-order chi connectivity index (χ0) is 31.6. The molecule has 3 aromatic rings. The Hall–Kier alpha value is -2.58. The summed E-state index contributed by atoms with van der Waals surface area (Å²) in [6.07, 6.45) is 3.57. The van der Waals surface area contributed by atoms with Gasteiger partial charge in [-0.3, -0.25) is 4.57 Å². The van der Waals surface area contributed by atoms with Crippen LogP contribution >= 0.6 is 0 Å². The highest BCUT2D eigenvalue weighted by molar-refractivity contribution is 6.74. The molecule has 0 spiro atoms. The summed E-state index contributed by atoms with van der Waals surface area (Å²) in [5.74, 6) is 0.867. The van der Waals surface area contributed by atoms with Crippen molar-refractivity contribution >= 4 is 33.7 Å². The maximum atomic E-state index is 6.99. The van der Waals surface area contributed by atoms with E-state index in [1.165, 1.54) is 0 Å². The maximum absolute atomic E-state index is 6.99. The van der Waals surface area contributed by atoms with Crippen LogP contribution in [0.25, 0.3) is 11.2 Å². The fourth-order valence-corrected chi connectivity index (χ4v) is 6.75. The standard InChI is InChI=1S/C32H51N5O4Si2/c1-12-18-33-30-35-28-27(29(36-30)38-20-23-16-14-13-15-17-23)34-22-37(28)26-19-24(41-43(10,11)32(5,6)7)25(40-26)21-39-42(8,9)31(2,3)4/h12-17,22,24-26H,1,18-21H2,2-11H3,(H,33,35,36). The summed E-state index contributed by atoms with van der Waals surface area (Å²) < 4.78 is 28.6. The first kappa shape index (κ1) is 33.3. The molecule has 3 atom stereocenters. The molecule has 1 fully saturated rings. The third kappa shape index (κ3) is 7.75. The van der Waals surface area contributed by atoms with E-state index in [4.69, 9.17) is 28.3 Å². The SMILES string of the molecule is C=CCNc1nc(OCc2ccccc2)c2ncn(C3CC(O[Si](C)(C)C(C)(C)C)C(CO[Si](C)(C)C(C)(C)C)O3)c2n1. The van der Waals surface area contributed by atoms with Crippen molar-refractivity contribution in [3.63, 3.8) is 0 Å². The van der Waals surface area contributed by atoms with Crippen LogP contribution in [-0.2, 0) is 20.2 Å². The number of hydrogen-bond acceptors (Lipinski definition) is 8. The molecule has 1 saturated heterocycles. The summed E-state index contributed by atoms with van der Waals surface area (Å²) in [6.45, 7) is 27.9. The molecular formula is C32H51N5O4Si2. The van der Waals surface area contributed by atoms with Crippen molar-refractivity contribution in [2.24, 2.45) is 0 Å². The van der Waals surface area contributed by atoms with E-state index < -0.39 is 16.6 Å². The highest BCUT2D eigenvalue weighted by Crippen LogP contribution is 2.43. The van der Waals surface area contributed by atoms with Gasteiger partial charge in [-0.05, 0) is 41.8 Å². The molecule has 0 bridgehead atoms. The first-order chi connectivity index (χ1) is 20.0. The number of nitrogens with zero attached hydrogens (tertiary/aromatic N) is 4. The van der Waals surface area contributed by atoms with Crippen molar-refractivity contribution in [3.8, 4) is 5.88 Å². The maximum Gasteiger partial charge on any atom is 0.247 e. The Labute approximate surface area is 259 Å². The minimum atomic E-state index is -2.08. The first-order valence-corrected chi connectivity index (χ1v) is 21.1. The molecule has 0 radical (unpaired) electrons. The zero-order valence-electron chi connectivity index (χ0n) is 27.7. The minimum absolute atomic E-state index is 0.0710. The third-order valence-electron chi connectivity index (χ3n) is 9.17. The molecule has 9 nitrogen and oxygen atoms in total. The minimum Gasteiger partial charge on any atom is -0.471 e. The molecular weight excluding hydrogens is 575 g/mol. The number of nitrogens with one attached hydrogen (secondary N) is 1. The van der Waals surface area contributed by atoms with Gasteiger partial charge in [0, 0.05) is 13.0 Å². The number of rotatable bonds is 12. The molecule has 2 aromatic heterocycles. The van der Waals surface area contributed by atoms with E-state index in [9.17, 15) is 0 Å². The molecule has 3 unspecified atom stereocenters. The molecule has 4 rings (SSSR count). The van der Waals surface area contributed by atoms with Gasteiger partial charge in [0.2, 0.25) is 11.8 Å². The average Bonchev–Trinajstić information content (AvgIpc) is 3.52. The molecule has 11 heteroatoms. The normalized spacial score (nSPS) is 20.0. The van der Waals surface area contributed by atoms with Gasteiger partial charge in [-0.25, -0.2) is 4.98 Å². The Kier molecular flexibility index (Phi) is 9.92. The predicted octanol–water partition coefficient (Wildman–Crippen LogP) is 7.70. The lowest BCUT2D eigenvalue weighted by atomic mass is 10.2. The molecule has 1 aromatic carbocycles. The van der Waals surface area contributed by atoms with Crippen LogP contribution in [0.2, 0.25) is 36.3 Å². The van der Waals surface area contributed by atoms with Crippen molar-refractivity contribution in [1.82, 2.24) is 19.5 Å². The van der Waals surface area contributed by atoms with Crippen molar-refractivity contribution in [1.29, 1.82) is 0 Å². The molecule has 236 valence electrons. The number of ether oxygens (including phenoxy) is 2. The topological polar surface area (TPSA) is 92.6 Å². The second-order valence-electron chi connectivity index (χ2n) is 14.5. The molecule has 3 heterocycles. The number of benzene rings is 1. The summed E-state index contributed by atoms with van der Waals surface area (Å²) >= 11 is 0. The lowest BCUT2D eigenvalue weighted by molar-refractivity contribution is -0.0383. The van der Waals surface area contributed by atoms with Crippen LogP contribution in [0.1, 0.15) is 59.8 Å². The number of imidazole rings is 1. The lowest BCUT2D eigenvalue weighted by Crippen LogP contribution is -2.48. The number of hydrogen-bond donors (Lipinski definition) is 1. The number of anilines is 1. The van der Waals surface area contributed by atoms with Crippen LogP contribution in [0.15, 0.2) is 49.3 Å². The average molecular weight is 626 g/mol. The van der Waals surface area contributed by atoms with Gasteiger partial charge in [0.1, 0.15) is 18.9 Å². The third-order valence-corrected chi connectivity index (χ3v) is 18.2. The monoisotopic (exact) mass is 625 g/mol. The Morgan fingerprint density at radius 1 is 1.02 bits per heavy atom. The molecule has 1 N–H and O–H groups in total. The molecule has 1 aliphatic rings. The second kappa shape index (κ2) is 12.8. The predicted molar refractivity (Wildman–Crippen MR) is 179 cm³/mol. The fourth-order valence-electron chi connectivity index (χ4n) is 4.38. The van der Waals surface area contributed by atoms with Crippen LogP contribution in [0.4, 0.5) is 5.95 Å². The van der Waals surface area contributed by atoms with Gasteiger partial charge in [-0.2, -0.15) is 9.97 Å². The van der Waals surface area contributed by atoms with Gasteiger partial charge >= 0.3 is 0 Å². The quantitative estimate of drug-likeness (QED) is 0.162. The number of fused-ring (bicyclic) bond motifs is 1. The van der Waals surface area contributed by atoms with E-state index in [0.29, 0.717) is 49.2 Å². The van der Waals surface area contributed by atoms with Crippen LogP contribution in [0.3, 0.4) is 0 Å². The van der Waals surface area contributed by atoms with E-state index in [0.717, 1.165) is 5.56 Å². The van der Waals surface area contributed by atoms with Gasteiger partial charge < -0.3 is 23.6 Å². The summed E-state index contributed by atoms with van der Waals surface area (Å²) in [7, 11) is -4.07. The molecule has 0 saturated carbocycles. The molecule has 0 amide bonds. The Morgan fingerprint density at radius 3 is 2.33 bits per heavy atom. The van der Waals surface area contributed by atoms with E-state index >= 15 is 0 Å². The second-order valence-corrected chi connectivity index (χ2v) is 24.0. The van der Waals surface area contributed by atoms with Crippen molar-refractivity contribution in [3.05, 3.63) is 54.9 Å². The zero-order valence-corrected chi connectivity index (χ0v) is 29.7. The highest BCUT2D eigenvalue weighted by Gasteiger charge is 2.47. The van der Waals surface area contributed by atoms with Gasteiger partial charge in [0.15, 0.2) is 27.8 Å². The van der Waals surface area contributed by atoms with E-state index in [-0.39, 0.29) is 28.5 Å². The largest absolute Gasteiger partial charge is 0.471 e. The Balaban J connectivity index is 1.66. The van der Waals surface area contributed by atoms with Crippen molar-refractivity contribution < 1.29 is 18.3 Å². The Morgan fingerprint density at radius 2 is 1.70 bits per heavy atom. The van der Waals surface area contributed by atoms with Crippen LogP contribution in [0.5, 0.6) is 5.88 Å². The van der Waals surface area contributed by atoms with E-state index in [1.54, 1.807) is 12.4 Å².